The van der Waals surface area contributed by atoms with Gasteiger partial charge in [0.25, 0.3) is 0 Å². The number of likely N-dealkylation sites (tertiary alicyclic amines) is 1. The molecule has 5 heteroatoms. The zero-order valence-electron chi connectivity index (χ0n) is 17.8. The van der Waals surface area contributed by atoms with Gasteiger partial charge in [0, 0.05) is 28.8 Å². The van der Waals surface area contributed by atoms with Crippen LogP contribution in [0.4, 0.5) is 0 Å². The van der Waals surface area contributed by atoms with Crippen LogP contribution in [0, 0.1) is 0 Å². The number of hydrogen-bond acceptors (Lipinski definition) is 3. The molecule has 1 aromatic heterocycles. The molecular formula is C25H30ClN3O. The Morgan fingerprint density at radius 3 is 2.50 bits per heavy atom. The third kappa shape index (κ3) is 3.86. The van der Waals surface area contributed by atoms with Crippen LogP contribution >= 0.6 is 11.6 Å². The molecule has 30 heavy (non-hydrogen) atoms. The van der Waals surface area contributed by atoms with E-state index in [-0.39, 0.29) is 5.78 Å². The van der Waals surface area contributed by atoms with Crippen LogP contribution in [-0.4, -0.2) is 34.5 Å². The quantitative estimate of drug-likeness (QED) is 0.414. The number of benzene rings is 2. The summed E-state index contributed by atoms with van der Waals surface area (Å²) < 4.78 is 1.70. The Labute approximate surface area is 183 Å². The number of nitrogens with two attached hydrogens (primary N) is 1. The lowest BCUT2D eigenvalue weighted by Gasteiger charge is -2.37. The summed E-state index contributed by atoms with van der Waals surface area (Å²) in [5.74, 6) is 6.68. The van der Waals surface area contributed by atoms with E-state index in [4.69, 9.17) is 17.4 Å². The van der Waals surface area contributed by atoms with Crippen LogP contribution in [0.15, 0.2) is 48.7 Å². The van der Waals surface area contributed by atoms with Crippen molar-refractivity contribution in [3.05, 3.63) is 70.4 Å². The number of nitrogen functional groups attached to an aromatic ring is 1. The van der Waals surface area contributed by atoms with Gasteiger partial charge in [0.1, 0.15) is 0 Å². The molecule has 0 bridgehead atoms. The summed E-state index contributed by atoms with van der Waals surface area (Å²) in [6, 6.07) is 13.7. The summed E-state index contributed by atoms with van der Waals surface area (Å²) in [6.45, 7) is 6.79. The van der Waals surface area contributed by atoms with Gasteiger partial charge >= 0.3 is 0 Å². The van der Waals surface area contributed by atoms with Crippen LogP contribution in [-0.2, 0) is 0 Å². The van der Waals surface area contributed by atoms with Crippen LogP contribution in [0.3, 0.4) is 0 Å². The van der Waals surface area contributed by atoms with Gasteiger partial charge in [-0.15, -0.1) is 0 Å². The lowest BCUT2D eigenvalue weighted by molar-refractivity contribution is 0.103. The van der Waals surface area contributed by atoms with E-state index in [9.17, 15) is 4.79 Å². The second-order valence-electron chi connectivity index (χ2n) is 8.31. The number of carbonyl (C=O) groups excluding carboxylic acids is 1. The molecule has 0 amide bonds. The number of ketones is 1. The molecule has 0 spiro atoms. The van der Waals surface area contributed by atoms with Crippen LogP contribution in [0.1, 0.15) is 66.9 Å². The van der Waals surface area contributed by atoms with E-state index in [2.05, 4.69) is 18.7 Å². The molecule has 1 aliphatic heterocycles. The van der Waals surface area contributed by atoms with Gasteiger partial charge in [0.15, 0.2) is 5.78 Å². The molecule has 2 N–H and O–H groups in total. The maximum Gasteiger partial charge on any atom is 0.194 e. The minimum absolute atomic E-state index is 0.0539. The summed E-state index contributed by atoms with van der Waals surface area (Å²) in [5, 5.41) is 1.56. The van der Waals surface area contributed by atoms with E-state index in [1.54, 1.807) is 16.8 Å². The number of rotatable bonds is 6. The number of hydrogen-bond donors (Lipinski definition) is 1. The normalized spacial score (nSPS) is 15.9. The molecule has 1 saturated heterocycles. The number of halogens is 1. The van der Waals surface area contributed by atoms with Gasteiger partial charge in [-0.1, -0.05) is 37.6 Å². The average Bonchev–Trinajstić information content (AvgIpc) is 3.11. The van der Waals surface area contributed by atoms with Crippen molar-refractivity contribution >= 4 is 28.3 Å². The molecular weight excluding hydrogens is 394 g/mol. The van der Waals surface area contributed by atoms with Crippen molar-refractivity contribution in [2.45, 2.75) is 51.5 Å². The van der Waals surface area contributed by atoms with Gasteiger partial charge in [0.05, 0.1) is 10.5 Å². The Bertz CT molecular complexity index is 1050. The highest BCUT2D eigenvalue weighted by atomic mass is 35.5. The summed E-state index contributed by atoms with van der Waals surface area (Å²) in [4.78, 5) is 15.7. The zero-order chi connectivity index (χ0) is 21.3. The molecule has 4 nitrogen and oxygen atoms in total. The zero-order valence-corrected chi connectivity index (χ0v) is 18.5. The van der Waals surface area contributed by atoms with E-state index in [1.807, 2.05) is 36.5 Å². The monoisotopic (exact) mass is 423 g/mol. The van der Waals surface area contributed by atoms with E-state index < -0.39 is 0 Å². The first-order valence-electron chi connectivity index (χ1n) is 11.0. The summed E-state index contributed by atoms with van der Waals surface area (Å²) >= 11 is 6.26. The van der Waals surface area contributed by atoms with E-state index in [0.717, 1.165) is 36.8 Å². The Hall–Kier alpha value is -2.30. The highest BCUT2D eigenvalue weighted by molar-refractivity contribution is 6.35. The molecule has 0 atom stereocenters. The highest BCUT2D eigenvalue weighted by Gasteiger charge is 2.26. The van der Waals surface area contributed by atoms with E-state index in [0.29, 0.717) is 28.1 Å². The number of fused-ring (bicyclic) bond motifs is 1. The van der Waals surface area contributed by atoms with Crippen LogP contribution in [0.2, 0.25) is 5.02 Å². The molecule has 158 valence electrons. The third-order valence-corrected chi connectivity index (χ3v) is 7.00. The first kappa shape index (κ1) is 21.0. The first-order valence-corrected chi connectivity index (χ1v) is 11.3. The Morgan fingerprint density at radius 1 is 1.13 bits per heavy atom. The van der Waals surface area contributed by atoms with Crippen LogP contribution in [0.5, 0.6) is 0 Å². The van der Waals surface area contributed by atoms with E-state index >= 15 is 0 Å². The maximum atomic E-state index is 13.1. The van der Waals surface area contributed by atoms with Gasteiger partial charge < -0.3 is 10.7 Å². The smallest absolute Gasteiger partial charge is 0.194 e. The first-order chi connectivity index (χ1) is 14.5. The van der Waals surface area contributed by atoms with Crippen molar-refractivity contribution < 1.29 is 4.79 Å². The molecule has 0 radical (unpaired) electrons. The number of carbonyl (C=O) groups is 1. The minimum atomic E-state index is -0.0539. The number of nitrogens with zero attached hydrogens (tertiary/aromatic N) is 2. The Morgan fingerprint density at radius 2 is 1.83 bits per heavy atom. The average molecular weight is 424 g/mol. The fourth-order valence-corrected chi connectivity index (χ4v) is 5.15. The third-order valence-electron chi connectivity index (χ3n) is 6.67. The van der Waals surface area contributed by atoms with Crippen molar-refractivity contribution in [3.8, 4) is 0 Å². The van der Waals surface area contributed by atoms with Gasteiger partial charge in [-0.2, -0.15) is 0 Å². The lowest BCUT2D eigenvalue weighted by Crippen LogP contribution is -2.40. The predicted octanol–water partition coefficient (Wildman–Crippen LogP) is 5.61. The van der Waals surface area contributed by atoms with Gasteiger partial charge in [-0.05, 0) is 80.6 Å². The van der Waals surface area contributed by atoms with Gasteiger partial charge in [-0.25, -0.2) is 0 Å². The minimum Gasteiger partial charge on any atom is -0.339 e. The van der Waals surface area contributed by atoms with Crippen molar-refractivity contribution in [1.82, 2.24) is 9.58 Å². The largest absolute Gasteiger partial charge is 0.339 e. The Kier molecular flexibility index (Phi) is 6.16. The molecule has 2 heterocycles. The summed E-state index contributed by atoms with van der Waals surface area (Å²) in [6.07, 6.45) is 6.70. The standard InChI is InChI=1S/C25H30ClN3O/c1-3-19(4-2)28-13-11-17(12-14-28)22-16-29(27)24-10-9-18(15-21(22)24)25(30)20-7-5-6-8-23(20)26/h5-10,15-17,19H,3-4,11-14,27H2,1-2H3. The molecule has 0 aliphatic carbocycles. The molecule has 3 aromatic rings. The molecule has 1 fully saturated rings. The van der Waals surface area contributed by atoms with Crippen LogP contribution in [0.25, 0.3) is 10.9 Å². The van der Waals surface area contributed by atoms with Crippen molar-refractivity contribution in [2.24, 2.45) is 0 Å². The molecule has 1 aliphatic rings. The van der Waals surface area contributed by atoms with Crippen molar-refractivity contribution in [2.75, 3.05) is 18.9 Å². The van der Waals surface area contributed by atoms with Gasteiger partial charge in [0.2, 0.25) is 0 Å². The number of aromatic nitrogens is 1. The fraction of sp³-hybridized carbons (Fsp3) is 0.400. The maximum absolute atomic E-state index is 13.1. The molecule has 0 unspecified atom stereocenters. The highest BCUT2D eigenvalue weighted by Crippen LogP contribution is 2.35. The molecule has 2 aromatic carbocycles. The summed E-state index contributed by atoms with van der Waals surface area (Å²) in [5.41, 5.74) is 3.40. The van der Waals surface area contributed by atoms with Gasteiger partial charge in [-0.3, -0.25) is 9.47 Å². The SMILES string of the molecule is CCC(CC)N1CCC(c2cn(N)c3ccc(C(=O)c4ccccc4Cl)cc23)CC1. The van der Waals surface area contributed by atoms with Crippen molar-refractivity contribution in [3.63, 3.8) is 0 Å². The summed E-state index contributed by atoms with van der Waals surface area (Å²) in [7, 11) is 0. The predicted molar refractivity (Wildman–Crippen MR) is 125 cm³/mol. The fourth-order valence-electron chi connectivity index (χ4n) is 4.93. The second kappa shape index (κ2) is 8.83. The van der Waals surface area contributed by atoms with Crippen LogP contribution < -0.4 is 5.84 Å². The molecule has 0 saturated carbocycles. The molecule has 4 rings (SSSR count). The lowest BCUT2D eigenvalue weighted by atomic mass is 9.87. The Balaban J connectivity index is 1.63. The van der Waals surface area contributed by atoms with Crippen molar-refractivity contribution in [1.29, 1.82) is 0 Å². The van der Waals surface area contributed by atoms with E-state index in [1.165, 1.54) is 18.4 Å². The number of piperidine rings is 1. The second-order valence-corrected chi connectivity index (χ2v) is 8.72. The topological polar surface area (TPSA) is 51.3 Å².